The highest BCUT2D eigenvalue weighted by Gasteiger charge is 2.08. The number of nitrogens with one attached hydrogen (secondary N) is 1. The topological polar surface area (TPSA) is 81.8 Å². The van der Waals surface area contributed by atoms with Crippen LogP contribution in [0.3, 0.4) is 0 Å². The Morgan fingerprint density at radius 1 is 1.35 bits per heavy atom. The van der Waals surface area contributed by atoms with Crippen LogP contribution in [0.4, 0.5) is 5.82 Å². The number of aromatic nitrogens is 4. The van der Waals surface area contributed by atoms with Crippen LogP contribution >= 0.6 is 15.9 Å². The van der Waals surface area contributed by atoms with Crippen molar-refractivity contribution < 1.29 is 4.79 Å². The second-order valence-electron chi connectivity index (χ2n) is 5.08. The Kier molecular flexibility index (Phi) is 4.24. The van der Waals surface area contributed by atoms with Crippen molar-refractivity contribution in [2.45, 2.75) is 13.0 Å². The molecule has 0 radical (unpaired) electrons. The molecule has 3 aromatic rings. The second kappa shape index (κ2) is 6.33. The summed E-state index contributed by atoms with van der Waals surface area (Å²) in [7, 11) is 1.77. The fourth-order valence-corrected chi connectivity index (χ4v) is 2.56. The number of carbonyl (C=O) groups excluding carboxylic acids is 1. The van der Waals surface area contributed by atoms with Crippen LogP contribution in [0.15, 0.2) is 46.1 Å². The van der Waals surface area contributed by atoms with E-state index in [0.717, 1.165) is 4.47 Å². The number of halogens is 1. The van der Waals surface area contributed by atoms with Crippen LogP contribution in [-0.2, 0) is 18.4 Å². The van der Waals surface area contributed by atoms with Gasteiger partial charge in [-0.25, -0.2) is 4.98 Å². The lowest BCUT2D eigenvalue weighted by molar-refractivity contribution is -0.116. The number of hydrogen-bond donors (Lipinski definition) is 1. The number of rotatable bonds is 4. The Labute approximate surface area is 140 Å². The first-order valence-corrected chi connectivity index (χ1v) is 7.76. The summed E-state index contributed by atoms with van der Waals surface area (Å²) < 4.78 is 3.85. The number of hydrogen-bond acceptors (Lipinski definition) is 4. The maximum absolute atomic E-state index is 12.4. The average Bonchev–Trinajstić information content (AvgIpc) is 2.92. The molecule has 1 amide bonds. The molecule has 0 unspecified atom stereocenters. The van der Waals surface area contributed by atoms with Crippen LogP contribution in [0.1, 0.15) is 6.42 Å². The van der Waals surface area contributed by atoms with E-state index in [1.165, 1.54) is 10.9 Å². The molecule has 2 aromatic heterocycles. The second-order valence-corrected chi connectivity index (χ2v) is 5.99. The minimum absolute atomic E-state index is 0.164. The molecule has 7 nitrogen and oxygen atoms in total. The van der Waals surface area contributed by atoms with Crippen molar-refractivity contribution >= 4 is 38.6 Å². The largest absolute Gasteiger partial charge is 0.309 e. The van der Waals surface area contributed by atoms with E-state index in [-0.39, 0.29) is 24.4 Å². The van der Waals surface area contributed by atoms with Crippen molar-refractivity contribution in [3.63, 3.8) is 0 Å². The van der Waals surface area contributed by atoms with Gasteiger partial charge in [-0.15, -0.1) is 0 Å². The highest BCUT2D eigenvalue weighted by atomic mass is 79.9. The van der Waals surface area contributed by atoms with Gasteiger partial charge in [0.15, 0.2) is 5.82 Å². The monoisotopic (exact) mass is 375 g/mol. The zero-order chi connectivity index (χ0) is 16.4. The van der Waals surface area contributed by atoms with Crippen LogP contribution in [0.5, 0.6) is 0 Å². The SMILES string of the molecule is Cn1ccc(NC(=O)CCn2cnc3ccc(Br)cc3c2=O)n1. The summed E-state index contributed by atoms with van der Waals surface area (Å²) in [6.45, 7) is 0.257. The minimum Gasteiger partial charge on any atom is -0.309 e. The Bertz CT molecular complexity index is 931. The molecule has 0 aliphatic heterocycles. The molecule has 2 heterocycles. The lowest BCUT2D eigenvalue weighted by Gasteiger charge is -2.07. The Morgan fingerprint density at radius 3 is 2.91 bits per heavy atom. The number of fused-ring (bicyclic) bond motifs is 1. The van der Waals surface area contributed by atoms with Crippen molar-refractivity contribution in [2.24, 2.45) is 7.05 Å². The molecule has 0 aliphatic carbocycles. The van der Waals surface area contributed by atoms with E-state index in [1.807, 2.05) is 6.07 Å². The summed E-state index contributed by atoms with van der Waals surface area (Å²) in [6, 6.07) is 7.05. The average molecular weight is 376 g/mol. The fraction of sp³-hybridized carbons (Fsp3) is 0.200. The number of anilines is 1. The van der Waals surface area contributed by atoms with Crippen molar-refractivity contribution in [1.29, 1.82) is 0 Å². The third kappa shape index (κ3) is 3.48. The molecule has 0 spiro atoms. The van der Waals surface area contributed by atoms with E-state index in [2.05, 4.69) is 31.3 Å². The fourth-order valence-electron chi connectivity index (χ4n) is 2.20. The van der Waals surface area contributed by atoms with Crippen LogP contribution in [0.2, 0.25) is 0 Å². The molecule has 3 rings (SSSR count). The van der Waals surface area contributed by atoms with Crippen LogP contribution in [0, 0.1) is 0 Å². The van der Waals surface area contributed by atoms with E-state index in [4.69, 9.17) is 0 Å². The smallest absolute Gasteiger partial charge is 0.261 e. The number of nitrogens with zero attached hydrogens (tertiary/aromatic N) is 4. The Morgan fingerprint density at radius 2 is 2.17 bits per heavy atom. The summed E-state index contributed by atoms with van der Waals surface area (Å²) >= 11 is 3.34. The number of benzene rings is 1. The van der Waals surface area contributed by atoms with Gasteiger partial charge in [0.25, 0.3) is 5.56 Å². The lowest BCUT2D eigenvalue weighted by Crippen LogP contribution is -2.23. The zero-order valence-electron chi connectivity index (χ0n) is 12.4. The van der Waals surface area contributed by atoms with E-state index >= 15 is 0 Å². The molecule has 1 aromatic carbocycles. The van der Waals surface area contributed by atoms with Gasteiger partial charge in [0, 0.05) is 36.7 Å². The summed E-state index contributed by atoms with van der Waals surface area (Å²) in [6.07, 6.45) is 3.37. The molecular formula is C15H14BrN5O2. The Hall–Kier alpha value is -2.48. The molecule has 0 fully saturated rings. The predicted molar refractivity (Wildman–Crippen MR) is 90.2 cm³/mol. The zero-order valence-corrected chi connectivity index (χ0v) is 13.9. The molecule has 118 valence electrons. The first kappa shape index (κ1) is 15.4. The van der Waals surface area contributed by atoms with Gasteiger partial charge in [-0.2, -0.15) is 5.10 Å². The van der Waals surface area contributed by atoms with Gasteiger partial charge >= 0.3 is 0 Å². The van der Waals surface area contributed by atoms with Gasteiger partial charge in [-0.05, 0) is 18.2 Å². The third-order valence-electron chi connectivity index (χ3n) is 3.35. The van der Waals surface area contributed by atoms with E-state index in [9.17, 15) is 9.59 Å². The van der Waals surface area contributed by atoms with Crippen LogP contribution in [-0.4, -0.2) is 25.2 Å². The first-order valence-electron chi connectivity index (χ1n) is 6.97. The van der Waals surface area contributed by atoms with Gasteiger partial charge in [0.1, 0.15) is 0 Å². The maximum Gasteiger partial charge on any atom is 0.261 e. The lowest BCUT2D eigenvalue weighted by atomic mass is 10.2. The van der Waals surface area contributed by atoms with Crippen molar-refractivity contribution in [3.05, 3.63) is 51.6 Å². The quantitative estimate of drug-likeness (QED) is 0.755. The number of aryl methyl sites for hydroxylation is 2. The minimum atomic E-state index is -0.204. The van der Waals surface area contributed by atoms with E-state index in [1.54, 1.807) is 36.1 Å². The van der Waals surface area contributed by atoms with Gasteiger partial charge in [-0.3, -0.25) is 18.8 Å². The molecule has 8 heteroatoms. The Balaban J connectivity index is 1.73. The standard InChI is InChI=1S/C15H14BrN5O2/c1-20-6-4-13(19-20)18-14(22)5-7-21-9-17-12-3-2-10(16)8-11(12)15(21)23/h2-4,6,8-9H,5,7H2,1H3,(H,18,19,22). The van der Waals surface area contributed by atoms with Gasteiger partial charge < -0.3 is 5.32 Å². The highest BCUT2D eigenvalue weighted by Crippen LogP contribution is 2.14. The molecular weight excluding hydrogens is 362 g/mol. The summed E-state index contributed by atoms with van der Waals surface area (Å²) in [5.41, 5.74) is 0.467. The van der Waals surface area contributed by atoms with Gasteiger partial charge in [0.05, 0.1) is 17.2 Å². The molecule has 23 heavy (non-hydrogen) atoms. The molecule has 0 aliphatic rings. The predicted octanol–water partition coefficient (Wildman–Crippen LogP) is 1.92. The van der Waals surface area contributed by atoms with Crippen molar-refractivity contribution in [1.82, 2.24) is 19.3 Å². The van der Waals surface area contributed by atoms with Crippen LogP contribution in [0.25, 0.3) is 10.9 Å². The van der Waals surface area contributed by atoms with E-state index < -0.39 is 0 Å². The molecule has 0 saturated carbocycles. The van der Waals surface area contributed by atoms with Gasteiger partial charge in [-0.1, -0.05) is 15.9 Å². The number of carbonyl (C=O) groups is 1. The maximum atomic E-state index is 12.4. The van der Waals surface area contributed by atoms with Crippen molar-refractivity contribution in [3.8, 4) is 0 Å². The molecule has 0 bridgehead atoms. The molecule has 0 saturated heterocycles. The summed E-state index contributed by atoms with van der Waals surface area (Å²) in [5, 5.41) is 7.28. The molecule has 1 N–H and O–H groups in total. The summed E-state index contributed by atoms with van der Waals surface area (Å²) in [4.78, 5) is 28.6. The normalized spacial score (nSPS) is 10.9. The summed E-state index contributed by atoms with van der Waals surface area (Å²) in [5.74, 6) is 0.287. The molecule has 0 atom stereocenters. The van der Waals surface area contributed by atoms with Gasteiger partial charge in [0.2, 0.25) is 5.91 Å². The highest BCUT2D eigenvalue weighted by molar-refractivity contribution is 9.10. The van der Waals surface area contributed by atoms with E-state index in [0.29, 0.717) is 16.7 Å². The van der Waals surface area contributed by atoms with Crippen molar-refractivity contribution in [2.75, 3.05) is 5.32 Å². The first-order chi connectivity index (χ1) is 11.0. The third-order valence-corrected chi connectivity index (χ3v) is 3.84. The number of amides is 1. The van der Waals surface area contributed by atoms with Crippen LogP contribution < -0.4 is 10.9 Å².